The van der Waals surface area contributed by atoms with Crippen LogP contribution >= 0.6 is 0 Å². The molecule has 2 aromatic carbocycles. The van der Waals surface area contributed by atoms with Gasteiger partial charge in [0.2, 0.25) is 11.8 Å². The van der Waals surface area contributed by atoms with Gasteiger partial charge in [-0.2, -0.15) is 0 Å². The number of nitrogens with zero attached hydrogens (tertiary/aromatic N) is 3. The van der Waals surface area contributed by atoms with Gasteiger partial charge >= 0.3 is 0 Å². The molecule has 0 aliphatic carbocycles. The van der Waals surface area contributed by atoms with Crippen LogP contribution < -0.4 is 0 Å². The quantitative estimate of drug-likeness (QED) is 0.691. The molecule has 1 fully saturated rings. The Morgan fingerprint density at radius 1 is 1.04 bits per heavy atom. The van der Waals surface area contributed by atoms with Gasteiger partial charge in [0.05, 0.1) is 0 Å². The summed E-state index contributed by atoms with van der Waals surface area (Å²) in [7, 11) is 0. The van der Waals surface area contributed by atoms with Gasteiger partial charge < -0.3 is 4.42 Å². The summed E-state index contributed by atoms with van der Waals surface area (Å²) in [6.45, 7) is 5.20. The van der Waals surface area contributed by atoms with E-state index in [1.165, 1.54) is 23.3 Å². The minimum absolute atomic E-state index is 0.269. The Kier molecular flexibility index (Phi) is 4.80. The Labute approximate surface area is 152 Å². The van der Waals surface area contributed by atoms with Crippen molar-refractivity contribution in [3.8, 4) is 11.5 Å². The van der Waals surface area contributed by atoms with E-state index in [2.05, 4.69) is 46.3 Å². The first-order chi connectivity index (χ1) is 12.7. The number of halogens is 1. The molecule has 5 heteroatoms. The zero-order valence-corrected chi connectivity index (χ0v) is 14.9. The summed E-state index contributed by atoms with van der Waals surface area (Å²) in [4.78, 5) is 2.48. The Bertz CT molecular complexity index is 867. The molecule has 0 radical (unpaired) electrons. The molecule has 1 aliphatic heterocycles. The van der Waals surface area contributed by atoms with Crippen molar-refractivity contribution >= 4 is 0 Å². The third-order valence-electron chi connectivity index (χ3n) is 5.12. The first kappa shape index (κ1) is 16.9. The van der Waals surface area contributed by atoms with Crippen molar-refractivity contribution < 1.29 is 8.81 Å². The van der Waals surface area contributed by atoms with Gasteiger partial charge in [-0.05, 0) is 68.2 Å². The first-order valence-corrected chi connectivity index (χ1v) is 9.05. The van der Waals surface area contributed by atoms with Gasteiger partial charge in [-0.1, -0.05) is 24.3 Å². The van der Waals surface area contributed by atoms with E-state index in [4.69, 9.17) is 4.42 Å². The molecule has 1 aromatic heterocycles. The van der Waals surface area contributed by atoms with Crippen LogP contribution in [0.15, 0.2) is 52.9 Å². The normalized spacial score (nSPS) is 16.1. The first-order valence-electron chi connectivity index (χ1n) is 9.05. The molecule has 26 heavy (non-hydrogen) atoms. The Hall–Kier alpha value is -2.53. The molecular weight excluding hydrogens is 329 g/mol. The second kappa shape index (κ2) is 7.38. The van der Waals surface area contributed by atoms with Gasteiger partial charge in [0.15, 0.2) is 0 Å². The van der Waals surface area contributed by atoms with Crippen molar-refractivity contribution in [2.75, 3.05) is 13.1 Å². The van der Waals surface area contributed by atoms with Crippen LogP contribution in [0, 0.1) is 12.7 Å². The summed E-state index contributed by atoms with van der Waals surface area (Å²) in [5.41, 5.74) is 3.49. The van der Waals surface area contributed by atoms with Gasteiger partial charge in [-0.15, -0.1) is 10.2 Å². The summed E-state index contributed by atoms with van der Waals surface area (Å²) < 4.78 is 18.9. The van der Waals surface area contributed by atoms with E-state index in [0.29, 0.717) is 17.7 Å². The topological polar surface area (TPSA) is 42.2 Å². The number of piperidine rings is 1. The van der Waals surface area contributed by atoms with Gasteiger partial charge in [-0.25, -0.2) is 4.39 Å². The SMILES string of the molecule is Cc1ccccc1CN1CCC(c2nnc(-c3ccc(F)cc3)o2)CC1. The van der Waals surface area contributed by atoms with Crippen molar-refractivity contribution in [2.45, 2.75) is 32.2 Å². The summed E-state index contributed by atoms with van der Waals surface area (Å²) in [6.07, 6.45) is 2.02. The predicted molar refractivity (Wildman–Crippen MR) is 98.1 cm³/mol. The van der Waals surface area contributed by atoms with Gasteiger partial charge in [0.25, 0.3) is 0 Å². The highest BCUT2D eigenvalue weighted by Gasteiger charge is 2.25. The van der Waals surface area contributed by atoms with Crippen LogP contribution in [0.5, 0.6) is 0 Å². The second-order valence-electron chi connectivity index (χ2n) is 6.93. The summed E-state index contributed by atoms with van der Waals surface area (Å²) in [6, 6.07) is 14.7. The van der Waals surface area contributed by atoms with Gasteiger partial charge in [-0.3, -0.25) is 4.90 Å². The minimum Gasteiger partial charge on any atom is -0.420 e. The number of aryl methyl sites for hydroxylation is 1. The lowest BCUT2D eigenvalue weighted by molar-refractivity contribution is 0.193. The van der Waals surface area contributed by atoms with E-state index in [0.717, 1.165) is 38.0 Å². The molecule has 1 aliphatic rings. The van der Waals surface area contributed by atoms with E-state index in [1.807, 2.05) is 0 Å². The maximum absolute atomic E-state index is 13.0. The van der Waals surface area contributed by atoms with Crippen molar-refractivity contribution in [1.82, 2.24) is 15.1 Å². The number of hydrogen-bond donors (Lipinski definition) is 0. The summed E-state index contributed by atoms with van der Waals surface area (Å²) in [5, 5.41) is 8.37. The van der Waals surface area contributed by atoms with E-state index >= 15 is 0 Å². The van der Waals surface area contributed by atoms with E-state index in [9.17, 15) is 4.39 Å². The lowest BCUT2D eigenvalue weighted by Gasteiger charge is -2.30. The summed E-state index contributed by atoms with van der Waals surface area (Å²) in [5.74, 6) is 1.18. The van der Waals surface area contributed by atoms with Gasteiger partial charge in [0, 0.05) is 18.0 Å². The Balaban J connectivity index is 1.38. The highest BCUT2D eigenvalue weighted by Crippen LogP contribution is 2.30. The Morgan fingerprint density at radius 2 is 1.77 bits per heavy atom. The van der Waals surface area contributed by atoms with Crippen LogP contribution in [0.25, 0.3) is 11.5 Å². The second-order valence-corrected chi connectivity index (χ2v) is 6.93. The maximum Gasteiger partial charge on any atom is 0.247 e. The molecule has 1 saturated heterocycles. The molecular formula is C21H22FN3O. The molecule has 3 aromatic rings. The van der Waals surface area contributed by atoms with E-state index in [1.54, 1.807) is 12.1 Å². The maximum atomic E-state index is 13.0. The van der Waals surface area contributed by atoms with Crippen molar-refractivity contribution in [2.24, 2.45) is 0 Å². The highest BCUT2D eigenvalue weighted by atomic mass is 19.1. The molecule has 2 heterocycles. The highest BCUT2D eigenvalue weighted by molar-refractivity contribution is 5.52. The number of hydrogen-bond acceptors (Lipinski definition) is 4. The molecule has 0 amide bonds. The van der Waals surface area contributed by atoms with Crippen LogP contribution in [0.1, 0.15) is 35.8 Å². The number of likely N-dealkylation sites (tertiary alicyclic amines) is 1. The lowest BCUT2D eigenvalue weighted by Crippen LogP contribution is -2.32. The number of benzene rings is 2. The Morgan fingerprint density at radius 3 is 2.50 bits per heavy atom. The van der Waals surface area contributed by atoms with Crippen LogP contribution in [0.3, 0.4) is 0 Å². The molecule has 0 atom stereocenters. The molecule has 0 saturated carbocycles. The number of aromatic nitrogens is 2. The van der Waals surface area contributed by atoms with Crippen molar-refractivity contribution in [1.29, 1.82) is 0 Å². The molecule has 0 unspecified atom stereocenters. The molecule has 4 nitrogen and oxygen atoms in total. The monoisotopic (exact) mass is 351 g/mol. The largest absolute Gasteiger partial charge is 0.420 e. The zero-order valence-electron chi connectivity index (χ0n) is 14.9. The van der Waals surface area contributed by atoms with Crippen LogP contribution in [0.4, 0.5) is 4.39 Å². The third-order valence-corrected chi connectivity index (χ3v) is 5.12. The van der Waals surface area contributed by atoms with Crippen LogP contribution in [-0.4, -0.2) is 28.2 Å². The van der Waals surface area contributed by atoms with E-state index < -0.39 is 0 Å². The number of rotatable bonds is 4. The van der Waals surface area contributed by atoms with Crippen LogP contribution in [-0.2, 0) is 6.54 Å². The van der Waals surface area contributed by atoms with Crippen molar-refractivity contribution in [3.05, 3.63) is 71.4 Å². The van der Waals surface area contributed by atoms with Crippen molar-refractivity contribution in [3.63, 3.8) is 0 Å². The third kappa shape index (κ3) is 3.68. The standard InChI is InChI=1S/C21H22FN3O/c1-15-4-2-3-5-18(15)14-25-12-10-17(11-13-25)21-24-23-20(26-21)16-6-8-19(22)9-7-16/h2-9,17H,10-14H2,1H3. The molecule has 134 valence electrons. The molecule has 4 rings (SSSR count). The fourth-order valence-corrected chi connectivity index (χ4v) is 3.48. The molecule has 0 bridgehead atoms. The predicted octanol–water partition coefficient (Wildman–Crippen LogP) is 4.56. The lowest BCUT2D eigenvalue weighted by atomic mass is 9.96. The average Bonchev–Trinajstić information content (AvgIpc) is 3.15. The minimum atomic E-state index is -0.269. The molecule has 0 spiro atoms. The fraction of sp³-hybridized carbons (Fsp3) is 0.333. The molecule has 0 N–H and O–H groups in total. The fourth-order valence-electron chi connectivity index (χ4n) is 3.48. The van der Waals surface area contributed by atoms with Crippen LogP contribution in [0.2, 0.25) is 0 Å². The average molecular weight is 351 g/mol. The van der Waals surface area contributed by atoms with E-state index in [-0.39, 0.29) is 5.82 Å². The zero-order chi connectivity index (χ0) is 17.9. The van der Waals surface area contributed by atoms with Gasteiger partial charge in [0.1, 0.15) is 5.82 Å². The summed E-state index contributed by atoms with van der Waals surface area (Å²) >= 11 is 0. The smallest absolute Gasteiger partial charge is 0.247 e.